The fraction of sp³-hybridized carbons (Fsp3) is 0.318. The van der Waals surface area contributed by atoms with Crippen LogP contribution in [0.15, 0.2) is 54.6 Å². The van der Waals surface area contributed by atoms with Gasteiger partial charge in [-0.3, -0.25) is 4.98 Å². The third-order valence-electron chi connectivity index (χ3n) is 5.18. The van der Waals surface area contributed by atoms with Gasteiger partial charge in [-0.25, -0.2) is 0 Å². The van der Waals surface area contributed by atoms with E-state index in [-0.39, 0.29) is 0 Å². The van der Waals surface area contributed by atoms with Crippen molar-refractivity contribution in [2.75, 3.05) is 11.9 Å². The maximum Gasteiger partial charge on any atom is 0.0726 e. The Morgan fingerprint density at radius 3 is 2.54 bits per heavy atom. The number of pyridine rings is 1. The summed E-state index contributed by atoms with van der Waals surface area (Å²) in [4.78, 5) is 4.97. The molecule has 2 atom stereocenters. The number of hydrogen-bond acceptors (Lipinski definition) is 2. The summed E-state index contributed by atoms with van der Waals surface area (Å²) in [5, 5.41) is 5.00. The summed E-state index contributed by atoms with van der Waals surface area (Å²) in [5.41, 5.74) is 6.53. The number of nitrogens with zero attached hydrogens (tertiary/aromatic N) is 1. The van der Waals surface area contributed by atoms with Crippen LogP contribution in [0, 0.1) is 0 Å². The molecular weight excluding hydrogens is 292 g/mol. The van der Waals surface area contributed by atoms with Gasteiger partial charge >= 0.3 is 0 Å². The highest BCUT2D eigenvalue weighted by Crippen LogP contribution is 2.46. The Morgan fingerprint density at radius 1 is 0.958 bits per heavy atom. The second-order valence-electron chi connectivity index (χ2n) is 7.00. The van der Waals surface area contributed by atoms with E-state index < -0.39 is 0 Å². The maximum absolute atomic E-state index is 4.97. The van der Waals surface area contributed by atoms with Crippen molar-refractivity contribution in [3.8, 4) is 0 Å². The van der Waals surface area contributed by atoms with E-state index in [4.69, 9.17) is 4.98 Å². The van der Waals surface area contributed by atoms with Gasteiger partial charge in [0.25, 0.3) is 0 Å². The third-order valence-corrected chi connectivity index (χ3v) is 5.18. The van der Waals surface area contributed by atoms with Gasteiger partial charge in [0.2, 0.25) is 0 Å². The Bertz CT molecular complexity index is 854. The molecule has 24 heavy (non-hydrogen) atoms. The van der Waals surface area contributed by atoms with Gasteiger partial charge in [-0.2, -0.15) is 0 Å². The second kappa shape index (κ2) is 6.27. The van der Waals surface area contributed by atoms with Crippen LogP contribution >= 0.6 is 0 Å². The lowest BCUT2D eigenvalue weighted by Gasteiger charge is -2.17. The zero-order valence-corrected chi connectivity index (χ0v) is 14.4. The summed E-state index contributed by atoms with van der Waals surface area (Å²) in [6, 6.07) is 19.2. The molecule has 1 aliphatic carbocycles. The Balaban J connectivity index is 1.69. The first-order valence-corrected chi connectivity index (χ1v) is 8.94. The van der Waals surface area contributed by atoms with Crippen molar-refractivity contribution in [3.05, 3.63) is 71.4 Å². The summed E-state index contributed by atoms with van der Waals surface area (Å²) in [6.07, 6.45) is 2.24. The summed E-state index contributed by atoms with van der Waals surface area (Å²) >= 11 is 0. The van der Waals surface area contributed by atoms with Crippen molar-refractivity contribution in [3.63, 3.8) is 0 Å². The molecule has 0 aliphatic heterocycles. The zero-order chi connectivity index (χ0) is 16.5. The predicted molar refractivity (Wildman–Crippen MR) is 102 cm³/mol. The van der Waals surface area contributed by atoms with Gasteiger partial charge in [-0.15, -0.1) is 0 Å². The van der Waals surface area contributed by atoms with Crippen LogP contribution in [0.4, 0.5) is 5.69 Å². The molecule has 0 saturated carbocycles. The Hall–Kier alpha value is -2.35. The van der Waals surface area contributed by atoms with E-state index >= 15 is 0 Å². The van der Waals surface area contributed by atoms with Crippen molar-refractivity contribution in [2.45, 2.75) is 38.5 Å². The van der Waals surface area contributed by atoms with Gasteiger partial charge in [0, 0.05) is 28.9 Å². The van der Waals surface area contributed by atoms with Gasteiger partial charge in [-0.05, 0) is 36.3 Å². The molecule has 0 spiro atoms. The first kappa shape index (κ1) is 15.2. The molecular formula is C22H24N2. The number of nitrogens with one attached hydrogen (secondary N) is 1. The van der Waals surface area contributed by atoms with Gasteiger partial charge in [0.1, 0.15) is 0 Å². The largest absolute Gasteiger partial charge is 0.384 e. The first-order chi connectivity index (χ1) is 11.7. The van der Waals surface area contributed by atoms with Crippen molar-refractivity contribution < 1.29 is 0 Å². The smallest absolute Gasteiger partial charge is 0.0726 e. The molecule has 0 radical (unpaired) electrons. The summed E-state index contributed by atoms with van der Waals surface area (Å²) in [7, 11) is 0. The van der Waals surface area contributed by atoms with Crippen molar-refractivity contribution >= 4 is 16.6 Å². The molecule has 122 valence electrons. The molecule has 2 heteroatoms. The normalized spacial score (nSPS) is 19.4. The average Bonchev–Trinajstić information content (AvgIpc) is 2.89. The Labute approximate surface area is 143 Å². The summed E-state index contributed by atoms with van der Waals surface area (Å²) < 4.78 is 0. The molecule has 2 unspecified atom stereocenters. The SMILES string of the molecule is CC1CC(C)c2c1nc1ccccc1c2NCCc1ccccc1. The number of rotatable bonds is 4. The van der Waals surface area contributed by atoms with Crippen LogP contribution in [0.3, 0.4) is 0 Å². The molecule has 1 N–H and O–H groups in total. The molecule has 1 aliphatic rings. The standard InChI is InChI=1S/C22H24N2/c1-15-14-16(2)21-20(15)22(18-10-6-7-11-19(18)24-21)23-13-12-17-8-4-3-5-9-17/h3-11,15-16H,12-14H2,1-2H3,(H,23,24). The number of hydrogen-bond donors (Lipinski definition) is 1. The minimum absolute atomic E-state index is 0.550. The maximum atomic E-state index is 4.97. The Kier molecular flexibility index (Phi) is 3.97. The van der Waals surface area contributed by atoms with Gasteiger partial charge in [0.05, 0.1) is 5.52 Å². The lowest BCUT2D eigenvalue weighted by molar-refractivity contribution is 0.656. The highest BCUT2D eigenvalue weighted by Gasteiger charge is 2.30. The van der Waals surface area contributed by atoms with E-state index in [1.165, 1.54) is 34.3 Å². The molecule has 1 heterocycles. The predicted octanol–water partition coefficient (Wildman–Crippen LogP) is 5.50. The van der Waals surface area contributed by atoms with Crippen molar-refractivity contribution in [2.24, 2.45) is 0 Å². The van der Waals surface area contributed by atoms with Gasteiger partial charge in [-0.1, -0.05) is 62.4 Å². The van der Waals surface area contributed by atoms with E-state index in [9.17, 15) is 0 Å². The highest BCUT2D eigenvalue weighted by molar-refractivity contribution is 5.94. The zero-order valence-electron chi connectivity index (χ0n) is 14.4. The third kappa shape index (κ3) is 2.66. The topological polar surface area (TPSA) is 24.9 Å². The molecule has 3 aromatic rings. The van der Waals surface area contributed by atoms with Crippen LogP contribution in [0.1, 0.15) is 48.9 Å². The number of anilines is 1. The molecule has 2 nitrogen and oxygen atoms in total. The summed E-state index contributed by atoms with van der Waals surface area (Å²) in [5.74, 6) is 1.13. The molecule has 4 rings (SSSR count). The lowest BCUT2D eigenvalue weighted by Crippen LogP contribution is -2.09. The Morgan fingerprint density at radius 2 is 1.71 bits per heavy atom. The van der Waals surface area contributed by atoms with E-state index in [0.29, 0.717) is 11.8 Å². The van der Waals surface area contributed by atoms with Gasteiger partial charge in [0.15, 0.2) is 0 Å². The number of aromatic nitrogens is 1. The fourth-order valence-electron chi connectivity index (χ4n) is 4.05. The van der Waals surface area contributed by atoms with E-state index in [1.54, 1.807) is 0 Å². The second-order valence-corrected chi connectivity index (χ2v) is 7.00. The van der Waals surface area contributed by atoms with Crippen LogP contribution in [0.2, 0.25) is 0 Å². The van der Waals surface area contributed by atoms with Crippen LogP contribution in [0.25, 0.3) is 10.9 Å². The van der Waals surface area contributed by atoms with Crippen LogP contribution in [0.5, 0.6) is 0 Å². The van der Waals surface area contributed by atoms with Crippen molar-refractivity contribution in [1.29, 1.82) is 0 Å². The lowest BCUT2D eigenvalue weighted by atomic mass is 10.00. The minimum Gasteiger partial charge on any atom is -0.384 e. The molecule has 2 aromatic carbocycles. The highest BCUT2D eigenvalue weighted by atomic mass is 14.9. The molecule has 0 bridgehead atoms. The molecule has 0 fully saturated rings. The molecule has 0 saturated heterocycles. The minimum atomic E-state index is 0.550. The molecule has 1 aromatic heterocycles. The van der Waals surface area contributed by atoms with Crippen LogP contribution in [-0.2, 0) is 6.42 Å². The molecule has 0 amide bonds. The average molecular weight is 316 g/mol. The number of para-hydroxylation sites is 1. The number of fused-ring (bicyclic) bond motifs is 2. The van der Waals surface area contributed by atoms with Gasteiger partial charge < -0.3 is 5.32 Å². The monoisotopic (exact) mass is 316 g/mol. The van der Waals surface area contributed by atoms with E-state index in [2.05, 4.69) is 73.8 Å². The van der Waals surface area contributed by atoms with Crippen LogP contribution in [-0.4, -0.2) is 11.5 Å². The van der Waals surface area contributed by atoms with Crippen molar-refractivity contribution in [1.82, 2.24) is 4.98 Å². The number of benzene rings is 2. The summed E-state index contributed by atoms with van der Waals surface area (Å²) in [6.45, 7) is 5.59. The fourth-order valence-corrected chi connectivity index (χ4v) is 4.05. The van der Waals surface area contributed by atoms with Crippen LogP contribution < -0.4 is 5.32 Å². The van der Waals surface area contributed by atoms with E-state index in [1.807, 2.05) is 0 Å². The first-order valence-electron chi connectivity index (χ1n) is 8.94. The van der Waals surface area contributed by atoms with E-state index in [0.717, 1.165) is 18.5 Å². The quantitative estimate of drug-likeness (QED) is 0.687.